The molecule has 1 unspecified atom stereocenters. The molecule has 3 nitrogen and oxygen atoms in total. The van der Waals surface area contributed by atoms with Gasteiger partial charge in [0.05, 0.1) is 18.8 Å². The molecule has 0 aromatic heterocycles. The molecule has 1 aliphatic heterocycles. The van der Waals surface area contributed by atoms with Gasteiger partial charge in [-0.05, 0) is 44.6 Å². The summed E-state index contributed by atoms with van der Waals surface area (Å²) in [5.74, 6) is 0.365. The fraction of sp³-hybridized carbons (Fsp3) is 0.824. The topological polar surface area (TPSA) is 29.5 Å². The molecule has 1 saturated heterocycles. The van der Waals surface area contributed by atoms with Crippen molar-refractivity contribution in [3.05, 3.63) is 11.6 Å². The van der Waals surface area contributed by atoms with Crippen LogP contribution in [0.4, 0.5) is 0 Å². The second-order valence-corrected chi connectivity index (χ2v) is 6.24. The Morgan fingerprint density at radius 2 is 1.95 bits per heavy atom. The highest BCUT2D eigenvalue weighted by atomic mass is 16.5. The minimum absolute atomic E-state index is 0.338. The van der Waals surface area contributed by atoms with Gasteiger partial charge in [0, 0.05) is 13.1 Å². The summed E-state index contributed by atoms with van der Waals surface area (Å²) in [5, 5.41) is 0. The van der Waals surface area contributed by atoms with Crippen LogP contribution in [0.2, 0.25) is 0 Å². The quantitative estimate of drug-likeness (QED) is 0.790. The first-order chi connectivity index (χ1) is 9.68. The predicted octanol–water partition coefficient (Wildman–Crippen LogP) is 3.34. The van der Waals surface area contributed by atoms with Crippen LogP contribution < -0.4 is 0 Å². The van der Waals surface area contributed by atoms with Gasteiger partial charge in [-0.1, -0.05) is 25.8 Å². The van der Waals surface area contributed by atoms with Crippen LogP contribution in [0.25, 0.3) is 0 Å². The lowest BCUT2D eigenvalue weighted by Gasteiger charge is -2.42. The number of hydrogen-bond donors (Lipinski definition) is 0. The summed E-state index contributed by atoms with van der Waals surface area (Å²) < 4.78 is 5.43. The van der Waals surface area contributed by atoms with Gasteiger partial charge in [-0.2, -0.15) is 0 Å². The highest BCUT2D eigenvalue weighted by Gasteiger charge is 2.39. The van der Waals surface area contributed by atoms with E-state index in [0.717, 1.165) is 51.1 Å². The smallest absolute Gasteiger partial charge is 0.178 e. The number of rotatable bonds is 4. The molecule has 1 heterocycles. The monoisotopic (exact) mass is 279 g/mol. The molecule has 0 saturated carbocycles. The molecule has 114 valence electrons. The molecule has 0 bridgehead atoms. The lowest BCUT2D eigenvalue weighted by Crippen LogP contribution is -2.56. The van der Waals surface area contributed by atoms with Crippen LogP contribution >= 0.6 is 0 Å². The van der Waals surface area contributed by atoms with Crippen molar-refractivity contribution in [3.8, 4) is 0 Å². The second kappa shape index (κ2) is 7.37. The Morgan fingerprint density at radius 3 is 2.65 bits per heavy atom. The van der Waals surface area contributed by atoms with E-state index in [4.69, 9.17) is 4.74 Å². The Morgan fingerprint density at radius 1 is 1.25 bits per heavy atom. The SMILES string of the molecule is CCC(C)(C(=O)C1=CCCCCCC1)N1CCOCC1. The highest BCUT2D eigenvalue weighted by molar-refractivity contribution is 6.02. The van der Waals surface area contributed by atoms with Crippen LogP contribution in [-0.2, 0) is 9.53 Å². The maximum absolute atomic E-state index is 13.1. The van der Waals surface area contributed by atoms with Crippen LogP contribution in [0, 0.1) is 0 Å². The van der Waals surface area contributed by atoms with Gasteiger partial charge in [-0.3, -0.25) is 9.69 Å². The number of ether oxygens (including phenoxy) is 1. The van der Waals surface area contributed by atoms with E-state index in [0.29, 0.717) is 5.78 Å². The zero-order chi connectivity index (χ0) is 14.4. The summed E-state index contributed by atoms with van der Waals surface area (Å²) in [4.78, 5) is 15.4. The van der Waals surface area contributed by atoms with E-state index in [-0.39, 0.29) is 5.54 Å². The largest absolute Gasteiger partial charge is 0.379 e. The van der Waals surface area contributed by atoms with Gasteiger partial charge in [0.2, 0.25) is 0 Å². The van der Waals surface area contributed by atoms with Crippen molar-refractivity contribution in [3.63, 3.8) is 0 Å². The number of ketones is 1. The zero-order valence-electron chi connectivity index (χ0n) is 13.1. The third-order valence-electron chi connectivity index (χ3n) is 4.97. The Bertz CT molecular complexity index is 358. The van der Waals surface area contributed by atoms with Gasteiger partial charge in [-0.15, -0.1) is 0 Å². The Kier molecular flexibility index (Phi) is 5.79. The number of allylic oxidation sites excluding steroid dienone is 1. The van der Waals surface area contributed by atoms with Crippen LogP contribution in [0.3, 0.4) is 0 Å². The first-order valence-electron chi connectivity index (χ1n) is 8.25. The molecule has 0 N–H and O–H groups in total. The summed E-state index contributed by atoms with van der Waals surface area (Å²) in [6, 6.07) is 0. The maximum atomic E-state index is 13.1. The van der Waals surface area contributed by atoms with Crippen molar-refractivity contribution < 1.29 is 9.53 Å². The van der Waals surface area contributed by atoms with Crippen molar-refractivity contribution in [1.82, 2.24) is 4.90 Å². The average molecular weight is 279 g/mol. The second-order valence-electron chi connectivity index (χ2n) is 6.24. The highest BCUT2D eigenvalue weighted by Crippen LogP contribution is 2.28. The van der Waals surface area contributed by atoms with E-state index in [1.807, 2.05) is 0 Å². The molecule has 2 rings (SSSR count). The molecule has 3 heteroatoms. The summed E-state index contributed by atoms with van der Waals surface area (Å²) in [5.41, 5.74) is 0.745. The van der Waals surface area contributed by atoms with Gasteiger partial charge in [0.15, 0.2) is 5.78 Å². The van der Waals surface area contributed by atoms with E-state index >= 15 is 0 Å². The molecule has 2 aliphatic rings. The van der Waals surface area contributed by atoms with Gasteiger partial charge in [0.1, 0.15) is 0 Å². The van der Waals surface area contributed by atoms with Crippen LogP contribution in [0.5, 0.6) is 0 Å². The third kappa shape index (κ3) is 3.50. The summed E-state index contributed by atoms with van der Waals surface area (Å²) >= 11 is 0. The molecule has 0 amide bonds. The molecule has 0 radical (unpaired) electrons. The normalized spacial score (nSPS) is 25.2. The first-order valence-corrected chi connectivity index (χ1v) is 8.25. The van der Waals surface area contributed by atoms with Gasteiger partial charge >= 0.3 is 0 Å². The summed E-state index contributed by atoms with van der Waals surface area (Å²) in [6.07, 6.45) is 10.1. The van der Waals surface area contributed by atoms with Crippen molar-refractivity contribution in [2.24, 2.45) is 0 Å². The van der Waals surface area contributed by atoms with Crippen molar-refractivity contribution in [2.45, 2.75) is 64.3 Å². The van der Waals surface area contributed by atoms with Crippen molar-refractivity contribution in [1.29, 1.82) is 0 Å². The standard InChI is InChI=1S/C17H29NO2/c1-3-17(2,18-11-13-20-14-12-18)16(19)15-9-7-5-4-6-8-10-15/h9H,3-8,10-14H2,1-2H3. The van der Waals surface area contributed by atoms with Gasteiger partial charge in [0.25, 0.3) is 0 Å². The van der Waals surface area contributed by atoms with Crippen LogP contribution in [-0.4, -0.2) is 42.5 Å². The number of carbonyl (C=O) groups is 1. The van der Waals surface area contributed by atoms with Crippen molar-refractivity contribution >= 4 is 5.78 Å². The lowest BCUT2D eigenvalue weighted by atomic mass is 9.83. The molecule has 0 spiro atoms. The fourth-order valence-corrected chi connectivity index (χ4v) is 3.33. The minimum Gasteiger partial charge on any atom is -0.379 e. The average Bonchev–Trinajstić information content (AvgIpc) is 2.46. The molecule has 20 heavy (non-hydrogen) atoms. The third-order valence-corrected chi connectivity index (χ3v) is 4.97. The van der Waals surface area contributed by atoms with Crippen LogP contribution in [0.15, 0.2) is 11.6 Å². The van der Waals surface area contributed by atoms with E-state index < -0.39 is 0 Å². The molecular formula is C17H29NO2. The maximum Gasteiger partial charge on any atom is 0.178 e. The molecule has 1 atom stereocenters. The number of nitrogens with zero attached hydrogens (tertiary/aromatic N) is 1. The first kappa shape index (κ1) is 15.7. The predicted molar refractivity (Wildman–Crippen MR) is 81.9 cm³/mol. The summed E-state index contributed by atoms with van der Waals surface area (Å²) in [7, 11) is 0. The van der Waals surface area contributed by atoms with E-state index in [1.54, 1.807) is 0 Å². The molecule has 0 aromatic rings. The van der Waals surface area contributed by atoms with E-state index in [9.17, 15) is 4.79 Å². The lowest BCUT2D eigenvalue weighted by molar-refractivity contribution is -0.130. The van der Waals surface area contributed by atoms with Crippen molar-refractivity contribution in [2.75, 3.05) is 26.3 Å². The van der Waals surface area contributed by atoms with E-state index in [1.165, 1.54) is 25.7 Å². The van der Waals surface area contributed by atoms with E-state index in [2.05, 4.69) is 24.8 Å². The van der Waals surface area contributed by atoms with Gasteiger partial charge in [-0.25, -0.2) is 0 Å². The number of Topliss-reactive ketones (excluding diaryl/α,β-unsaturated/α-hetero) is 1. The number of morpholine rings is 1. The fourth-order valence-electron chi connectivity index (χ4n) is 3.33. The van der Waals surface area contributed by atoms with Gasteiger partial charge < -0.3 is 4.74 Å². The summed E-state index contributed by atoms with van der Waals surface area (Å²) in [6.45, 7) is 7.52. The number of carbonyl (C=O) groups excluding carboxylic acids is 1. The Balaban J connectivity index is 2.13. The van der Waals surface area contributed by atoms with Crippen LogP contribution in [0.1, 0.15) is 58.8 Å². The molecular weight excluding hydrogens is 250 g/mol. The molecule has 1 aliphatic carbocycles. The Hall–Kier alpha value is -0.670. The zero-order valence-corrected chi connectivity index (χ0v) is 13.1. The molecule has 0 aromatic carbocycles. The number of hydrogen-bond acceptors (Lipinski definition) is 3. The minimum atomic E-state index is -0.338. The Labute approximate surface area is 123 Å². The molecule has 1 fully saturated rings.